The quantitative estimate of drug-likeness (QED) is 0.496. The van der Waals surface area contributed by atoms with E-state index in [0.717, 1.165) is 6.26 Å². The molecule has 21 heavy (non-hydrogen) atoms. The van der Waals surface area contributed by atoms with Gasteiger partial charge in [-0.1, -0.05) is 38.2 Å². The van der Waals surface area contributed by atoms with Crippen molar-refractivity contribution < 1.29 is 17.4 Å². The zero-order chi connectivity index (χ0) is 16.3. The van der Waals surface area contributed by atoms with E-state index in [1.807, 2.05) is 45.1 Å². The van der Waals surface area contributed by atoms with Crippen molar-refractivity contribution in [3.8, 4) is 0 Å². The molecular weight excluding hydrogens is 290 g/mol. The summed E-state index contributed by atoms with van der Waals surface area (Å²) in [6.07, 6.45) is 9.17. The van der Waals surface area contributed by atoms with Crippen molar-refractivity contribution in [2.75, 3.05) is 12.8 Å². The molecule has 0 rings (SSSR count). The maximum Gasteiger partial charge on any atom is 0.264 e. The van der Waals surface area contributed by atoms with E-state index < -0.39 is 16.2 Å². The van der Waals surface area contributed by atoms with E-state index in [9.17, 15) is 13.2 Å². The van der Waals surface area contributed by atoms with Crippen LogP contribution in [0.5, 0.6) is 0 Å². The largest absolute Gasteiger partial charge is 0.356 e. The number of amides is 1. The number of hydrogen-bond donors (Lipinski definition) is 1. The zero-order valence-electron chi connectivity index (χ0n) is 13.3. The maximum atomic E-state index is 11.8. The molecule has 0 spiro atoms. The van der Waals surface area contributed by atoms with E-state index in [1.54, 1.807) is 0 Å². The Morgan fingerprint density at radius 2 is 1.95 bits per heavy atom. The summed E-state index contributed by atoms with van der Waals surface area (Å²) in [6, 6.07) is 0. The first kappa shape index (κ1) is 19.9. The molecule has 1 N–H and O–H groups in total. The summed E-state index contributed by atoms with van der Waals surface area (Å²) < 4.78 is 27.5. The van der Waals surface area contributed by atoms with Gasteiger partial charge in [-0.15, -0.1) is 0 Å². The van der Waals surface area contributed by atoms with Gasteiger partial charge < -0.3 is 5.32 Å². The van der Waals surface area contributed by atoms with Gasteiger partial charge in [0.15, 0.2) is 0 Å². The van der Waals surface area contributed by atoms with Crippen LogP contribution in [0.15, 0.2) is 24.3 Å². The molecule has 0 aliphatic rings. The molecule has 0 bridgehead atoms. The van der Waals surface area contributed by atoms with Gasteiger partial charge in [-0.3, -0.25) is 8.98 Å². The molecule has 0 saturated carbocycles. The first-order valence-corrected chi connectivity index (χ1v) is 8.99. The number of carbonyl (C=O) groups excluding carboxylic acids is 1. The lowest BCUT2D eigenvalue weighted by atomic mass is 10.1. The predicted octanol–water partition coefficient (Wildman–Crippen LogP) is 2.41. The van der Waals surface area contributed by atoms with Crippen LogP contribution in [-0.2, 0) is 19.1 Å². The standard InChI is InChI=1S/C15H27NO4S/c1-5-6-7-8-9-10-14(20-21(4,18)19)11-15(17)16-12-13(2)3/h5-8,13-14H,9-12H2,1-4H3,(H,16,17). The first-order chi connectivity index (χ1) is 9.74. The Balaban J connectivity index is 4.41. The van der Waals surface area contributed by atoms with Crippen LogP contribution in [0, 0.1) is 5.92 Å². The van der Waals surface area contributed by atoms with Gasteiger partial charge in [-0.05, 0) is 25.7 Å². The van der Waals surface area contributed by atoms with Crippen LogP contribution < -0.4 is 5.32 Å². The molecule has 0 fully saturated rings. The molecule has 0 radical (unpaired) electrons. The van der Waals surface area contributed by atoms with Gasteiger partial charge in [0.1, 0.15) is 0 Å². The monoisotopic (exact) mass is 317 g/mol. The van der Waals surface area contributed by atoms with E-state index in [0.29, 0.717) is 25.3 Å². The summed E-state index contributed by atoms with van der Waals surface area (Å²) >= 11 is 0. The van der Waals surface area contributed by atoms with Crippen LogP contribution >= 0.6 is 0 Å². The fourth-order valence-corrected chi connectivity index (χ4v) is 2.25. The minimum atomic E-state index is -3.57. The molecule has 0 heterocycles. The Labute approximate surface area is 128 Å². The second-order valence-corrected chi connectivity index (χ2v) is 6.96. The van der Waals surface area contributed by atoms with Gasteiger partial charge in [0.25, 0.3) is 10.1 Å². The third kappa shape index (κ3) is 13.6. The second kappa shape index (κ2) is 10.6. The number of carbonyl (C=O) groups is 1. The van der Waals surface area contributed by atoms with E-state index in [1.165, 1.54) is 0 Å². The number of nitrogens with one attached hydrogen (secondary N) is 1. The number of hydrogen-bond acceptors (Lipinski definition) is 4. The third-order valence-corrected chi connectivity index (χ3v) is 3.15. The maximum absolute atomic E-state index is 11.8. The van der Waals surface area contributed by atoms with Gasteiger partial charge in [0, 0.05) is 6.54 Å². The van der Waals surface area contributed by atoms with Crippen LogP contribution in [0.2, 0.25) is 0 Å². The average molecular weight is 317 g/mol. The van der Waals surface area contributed by atoms with E-state index in [2.05, 4.69) is 5.32 Å². The molecule has 1 atom stereocenters. The van der Waals surface area contributed by atoms with Crippen LogP contribution in [0.4, 0.5) is 0 Å². The molecular formula is C15H27NO4S. The van der Waals surface area contributed by atoms with Crippen molar-refractivity contribution in [2.45, 2.75) is 46.1 Å². The molecule has 122 valence electrons. The summed E-state index contributed by atoms with van der Waals surface area (Å²) in [5.41, 5.74) is 0. The van der Waals surface area contributed by atoms with Crippen molar-refractivity contribution in [3.05, 3.63) is 24.3 Å². The van der Waals surface area contributed by atoms with Gasteiger partial charge in [0.05, 0.1) is 18.8 Å². The van der Waals surface area contributed by atoms with Gasteiger partial charge >= 0.3 is 0 Å². The predicted molar refractivity (Wildman–Crippen MR) is 85.4 cm³/mol. The van der Waals surface area contributed by atoms with Crippen LogP contribution in [0.25, 0.3) is 0 Å². The average Bonchev–Trinajstić information content (AvgIpc) is 2.34. The summed E-state index contributed by atoms with van der Waals surface area (Å²) in [5, 5.41) is 2.77. The summed E-state index contributed by atoms with van der Waals surface area (Å²) in [5.74, 6) is 0.168. The lowest BCUT2D eigenvalue weighted by Crippen LogP contribution is -2.32. The number of rotatable bonds is 10. The van der Waals surface area contributed by atoms with E-state index in [4.69, 9.17) is 4.18 Å². The van der Waals surface area contributed by atoms with Crippen molar-refractivity contribution in [1.82, 2.24) is 5.32 Å². The Bertz CT molecular complexity index is 452. The highest BCUT2D eigenvalue weighted by Gasteiger charge is 2.18. The van der Waals surface area contributed by atoms with Crippen molar-refractivity contribution in [2.24, 2.45) is 5.92 Å². The van der Waals surface area contributed by atoms with E-state index in [-0.39, 0.29) is 12.3 Å². The van der Waals surface area contributed by atoms with Gasteiger partial charge in [-0.2, -0.15) is 8.42 Å². The first-order valence-electron chi connectivity index (χ1n) is 7.17. The highest BCUT2D eigenvalue weighted by atomic mass is 32.2. The molecule has 0 aromatic carbocycles. The summed E-state index contributed by atoms with van der Waals surface area (Å²) in [7, 11) is -3.57. The molecule has 0 aliphatic carbocycles. The number of allylic oxidation sites excluding steroid dienone is 4. The Morgan fingerprint density at radius 1 is 1.29 bits per heavy atom. The Morgan fingerprint density at radius 3 is 2.48 bits per heavy atom. The molecule has 5 nitrogen and oxygen atoms in total. The molecule has 6 heteroatoms. The molecule has 0 aromatic rings. The van der Waals surface area contributed by atoms with E-state index >= 15 is 0 Å². The van der Waals surface area contributed by atoms with Crippen LogP contribution in [-0.4, -0.2) is 33.2 Å². The highest BCUT2D eigenvalue weighted by Crippen LogP contribution is 2.11. The molecule has 1 amide bonds. The normalized spacial score (nSPS) is 14.1. The summed E-state index contributed by atoms with van der Waals surface area (Å²) in [4.78, 5) is 11.8. The minimum absolute atomic E-state index is 0.0528. The SMILES string of the molecule is CC=CC=CCCC(CC(=O)NCC(C)C)OS(C)(=O)=O. The lowest BCUT2D eigenvalue weighted by Gasteiger charge is -2.16. The van der Waals surface area contributed by atoms with Gasteiger partial charge in [-0.25, -0.2) is 0 Å². The lowest BCUT2D eigenvalue weighted by molar-refractivity contribution is -0.122. The van der Waals surface area contributed by atoms with Crippen LogP contribution in [0.3, 0.4) is 0 Å². The zero-order valence-corrected chi connectivity index (χ0v) is 14.2. The minimum Gasteiger partial charge on any atom is -0.356 e. The molecule has 1 unspecified atom stereocenters. The Hall–Kier alpha value is -1.14. The van der Waals surface area contributed by atoms with Crippen molar-refractivity contribution in [1.29, 1.82) is 0 Å². The molecule has 0 aromatic heterocycles. The smallest absolute Gasteiger partial charge is 0.264 e. The fraction of sp³-hybridized carbons (Fsp3) is 0.667. The molecule has 0 aliphatic heterocycles. The third-order valence-electron chi connectivity index (χ3n) is 2.53. The van der Waals surface area contributed by atoms with Crippen LogP contribution in [0.1, 0.15) is 40.0 Å². The van der Waals surface area contributed by atoms with Crippen molar-refractivity contribution in [3.63, 3.8) is 0 Å². The Kier molecular flexibility index (Phi) is 9.99. The van der Waals surface area contributed by atoms with Crippen molar-refractivity contribution >= 4 is 16.0 Å². The fourth-order valence-electron chi connectivity index (χ4n) is 1.60. The second-order valence-electron chi connectivity index (χ2n) is 5.36. The highest BCUT2D eigenvalue weighted by molar-refractivity contribution is 7.86. The van der Waals surface area contributed by atoms with Gasteiger partial charge in [0.2, 0.25) is 5.91 Å². The molecule has 0 saturated heterocycles. The summed E-state index contributed by atoms with van der Waals surface area (Å²) in [6.45, 7) is 6.48. The topological polar surface area (TPSA) is 72.5 Å².